The van der Waals surface area contributed by atoms with E-state index < -0.39 is 26.0 Å². The first-order valence-electron chi connectivity index (χ1n) is 10.2. The molecule has 1 aromatic rings. The first-order chi connectivity index (χ1) is 13.8. The van der Waals surface area contributed by atoms with Gasteiger partial charge in [-0.15, -0.1) is 11.5 Å². The minimum atomic E-state index is -1.84. The van der Waals surface area contributed by atoms with Crippen LogP contribution in [0.15, 0.2) is 30.3 Å². The highest BCUT2D eigenvalue weighted by atomic mass is 28.3. The van der Waals surface area contributed by atoms with E-state index in [1.54, 1.807) is 0 Å². The van der Waals surface area contributed by atoms with E-state index in [1.165, 1.54) is 0 Å². The van der Waals surface area contributed by atoms with Crippen LogP contribution < -0.4 is 10.6 Å². The minimum absolute atomic E-state index is 0.00894. The lowest BCUT2D eigenvalue weighted by Crippen LogP contribution is -2.41. The van der Waals surface area contributed by atoms with Gasteiger partial charge in [0, 0.05) is 19.3 Å². The average molecular weight is 431 g/mol. The zero-order valence-electron chi connectivity index (χ0n) is 18.8. The highest BCUT2D eigenvalue weighted by molar-refractivity contribution is 6.87. The van der Waals surface area contributed by atoms with Gasteiger partial charge in [-0.25, -0.2) is 4.79 Å². The number of aliphatic carboxylic acids is 1. The van der Waals surface area contributed by atoms with Crippen molar-refractivity contribution < 1.29 is 19.5 Å². The van der Waals surface area contributed by atoms with Crippen LogP contribution in [0.25, 0.3) is 0 Å². The molecular weight excluding hydrogens is 396 g/mol. The molecule has 0 saturated carbocycles. The molecule has 0 aromatic heterocycles. The number of carboxylic acids is 1. The third-order valence-electron chi connectivity index (χ3n) is 5.47. The molecule has 0 aliphatic rings. The Morgan fingerprint density at radius 1 is 1.03 bits per heavy atom. The molecule has 2 atom stereocenters. The molecule has 164 valence electrons. The van der Waals surface area contributed by atoms with Gasteiger partial charge in [-0.2, -0.15) is 0 Å². The summed E-state index contributed by atoms with van der Waals surface area (Å²) in [5.74, 6) is 1.10. The normalized spacial score (nSPS) is 13.4. The Morgan fingerprint density at radius 2 is 1.57 bits per heavy atom. The van der Waals surface area contributed by atoms with Crippen LogP contribution >= 0.6 is 0 Å². The molecule has 1 aromatic carbocycles. The lowest BCUT2D eigenvalue weighted by Gasteiger charge is -2.31. The van der Waals surface area contributed by atoms with E-state index in [1.807, 2.05) is 37.3 Å². The van der Waals surface area contributed by atoms with Gasteiger partial charge < -0.3 is 15.7 Å². The summed E-state index contributed by atoms with van der Waals surface area (Å²) < 4.78 is 0. The lowest BCUT2D eigenvalue weighted by atomic mass is 10.1. The van der Waals surface area contributed by atoms with Crippen LogP contribution in [0.3, 0.4) is 0 Å². The Kier molecular flexibility index (Phi) is 9.31. The van der Waals surface area contributed by atoms with Crippen LogP contribution in [-0.4, -0.2) is 37.0 Å². The van der Waals surface area contributed by atoms with Crippen molar-refractivity contribution in [2.24, 2.45) is 0 Å². The van der Waals surface area contributed by atoms with Gasteiger partial charge in [0.2, 0.25) is 11.8 Å². The van der Waals surface area contributed by atoms with Crippen LogP contribution in [0.4, 0.5) is 0 Å². The van der Waals surface area contributed by atoms with Gasteiger partial charge in [0.15, 0.2) is 0 Å². The Morgan fingerprint density at radius 3 is 2.07 bits per heavy atom. The van der Waals surface area contributed by atoms with E-state index in [2.05, 4.69) is 56.0 Å². The SMILES string of the molecule is C[C@@H](NC(=O)CCC(=O)N[C@H](CC#C[Si](C)(C)C(C)(C)C)C(=O)O)c1ccccc1. The van der Waals surface area contributed by atoms with Crippen LogP contribution in [-0.2, 0) is 14.4 Å². The highest BCUT2D eigenvalue weighted by Gasteiger charge is 2.33. The standard InChI is InChI=1S/C23H34N2O4Si/c1-17(18-11-8-7-9-12-18)24-20(26)14-15-21(27)25-19(22(28)29)13-10-16-30(5,6)23(2,3)4/h7-9,11-12,17,19H,13-15H2,1-6H3,(H,24,26)(H,25,27)(H,28,29)/t17-,19-/m1/s1. The minimum Gasteiger partial charge on any atom is -0.480 e. The van der Waals surface area contributed by atoms with Crippen LogP contribution in [0.5, 0.6) is 0 Å². The Bertz CT molecular complexity index is 804. The van der Waals surface area contributed by atoms with Gasteiger partial charge in [0.1, 0.15) is 14.1 Å². The smallest absolute Gasteiger partial charge is 0.327 e. The summed E-state index contributed by atoms with van der Waals surface area (Å²) in [5.41, 5.74) is 4.23. The maximum Gasteiger partial charge on any atom is 0.327 e. The van der Waals surface area contributed by atoms with Crippen LogP contribution in [0.2, 0.25) is 18.1 Å². The van der Waals surface area contributed by atoms with Crippen molar-refractivity contribution in [3.63, 3.8) is 0 Å². The average Bonchev–Trinajstić information content (AvgIpc) is 2.65. The van der Waals surface area contributed by atoms with Gasteiger partial charge in [0.05, 0.1) is 6.04 Å². The predicted molar refractivity (Wildman–Crippen MR) is 121 cm³/mol. The molecule has 0 aliphatic carbocycles. The fraction of sp³-hybridized carbons (Fsp3) is 0.522. The van der Waals surface area contributed by atoms with E-state index in [9.17, 15) is 19.5 Å². The second kappa shape index (κ2) is 11.0. The summed E-state index contributed by atoms with van der Waals surface area (Å²) in [6.45, 7) is 12.6. The van der Waals surface area contributed by atoms with Crippen molar-refractivity contribution in [1.82, 2.24) is 10.6 Å². The molecule has 0 spiro atoms. The number of hydrogen-bond acceptors (Lipinski definition) is 3. The summed E-state index contributed by atoms with van der Waals surface area (Å²) in [6, 6.07) is 8.27. The van der Waals surface area contributed by atoms with E-state index in [-0.39, 0.29) is 36.2 Å². The van der Waals surface area contributed by atoms with Crippen molar-refractivity contribution in [2.45, 2.75) is 77.2 Å². The van der Waals surface area contributed by atoms with Crippen molar-refractivity contribution in [3.8, 4) is 11.5 Å². The molecule has 7 heteroatoms. The van der Waals surface area contributed by atoms with E-state index >= 15 is 0 Å². The van der Waals surface area contributed by atoms with Gasteiger partial charge in [-0.1, -0.05) is 64.2 Å². The number of amides is 2. The molecule has 0 unspecified atom stereocenters. The quantitative estimate of drug-likeness (QED) is 0.433. The van der Waals surface area contributed by atoms with Gasteiger partial charge in [-0.05, 0) is 17.5 Å². The maximum absolute atomic E-state index is 12.1. The van der Waals surface area contributed by atoms with Crippen molar-refractivity contribution in [2.75, 3.05) is 0 Å². The van der Waals surface area contributed by atoms with Crippen LogP contribution in [0.1, 0.15) is 58.6 Å². The molecule has 0 aliphatic heterocycles. The molecule has 30 heavy (non-hydrogen) atoms. The molecule has 0 radical (unpaired) electrons. The number of nitrogens with one attached hydrogen (secondary N) is 2. The first kappa shape index (κ1) is 25.4. The number of carboxylic acid groups (broad SMARTS) is 1. The van der Waals surface area contributed by atoms with Crippen molar-refractivity contribution >= 4 is 25.9 Å². The van der Waals surface area contributed by atoms with Crippen molar-refractivity contribution in [1.29, 1.82) is 0 Å². The number of carbonyl (C=O) groups excluding carboxylic acids is 2. The summed E-state index contributed by atoms with van der Waals surface area (Å²) in [7, 11) is -1.84. The fourth-order valence-electron chi connectivity index (χ4n) is 2.39. The van der Waals surface area contributed by atoms with Crippen LogP contribution in [0, 0.1) is 11.5 Å². The van der Waals surface area contributed by atoms with Gasteiger partial charge in [-0.3, -0.25) is 9.59 Å². The topological polar surface area (TPSA) is 95.5 Å². The van der Waals surface area contributed by atoms with Crippen molar-refractivity contribution in [3.05, 3.63) is 35.9 Å². The third kappa shape index (κ3) is 8.42. The van der Waals surface area contributed by atoms with Gasteiger partial charge in [0.25, 0.3) is 0 Å². The molecule has 0 heterocycles. The van der Waals surface area contributed by atoms with E-state index in [0.717, 1.165) is 5.56 Å². The zero-order valence-corrected chi connectivity index (χ0v) is 19.8. The second-order valence-electron chi connectivity index (χ2n) is 9.04. The lowest BCUT2D eigenvalue weighted by molar-refractivity contribution is -0.141. The number of hydrogen-bond donors (Lipinski definition) is 3. The molecule has 6 nitrogen and oxygen atoms in total. The Balaban J connectivity index is 2.54. The Hall–Kier alpha value is -2.59. The van der Waals surface area contributed by atoms with E-state index in [0.29, 0.717) is 0 Å². The molecule has 0 bridgehead atoms. The van der Waals surface area contributed by atoms with Gasteiger partial charge >= 0.3 is 5.97 Å². The molecule has 3 N–H and O–H groups in total. The molecular formula is C23H34N2O4Si. The van der Waals surface area contributed by atoms with E-state index in [4.69, 9.17) is 0 Å². The number of carbonyl (C=O) groups is 3. The molecule has 2 amide bonds. The summed E-state index contributed by atoms with van der Waals surface area (Å²) >= 11 is 0. The highest BCUT2D eigenvalue weighted by Crippen LogP contribution is 2.35. The fourth-order valence-corrected chi connectivity index (χ4v) is 3.31. The maximum atomic E-state index is 12.1. The third-order valence-corrected chi connectivity index (χ3v) is 10.0. The predicted octanol–water partition coefficient (Wildman–Crippen LogP) is 3.65. The largest absolute Gasteiger partial charge is 0.480 e. The summed E-state index contributed by atoms with van der Waals surface area (Å²) in [6.07, 6.45) is -0.0391. The first-order valence-corrected chi connectivity index (χ1v) is 13.2. The summed E-state index contributed by atoms with van der Waals surface area (Å²) in [5, 5.41) is 14.8. The summed E-state index contributed by atoms with van der Waals surface area (Å²) in [4.78, 5) is 35.7. The second-order valence-corrected chi connectivity index (χ2v) is 14.0. The molecule has 0 fully saturated rings. The molecule has 0 saturated heterocycles. The monoisotopic (exact) mass is 430 g/mol. The molecule has 1 rings (SSSR count). The Labute approximate surface area is 180 Å². The number of benzene rings is 1. The number of rotatable bonds is 8. The zero-order chi connectivity index (χ0) is 22.9.